The molecule has 14 heavy (non-hydrogen) atoms. The first-order valence-electron chi connectivity index (χ1n) is 4.52. The Kier molecular flexibility index (Phi) is 1.66. The van der Waals surface area contributed by atoms with Crippen molar-refractivity contribution in [1.29, 1.82) is 0 Å². The molecule has 0 atom stereocenters. The molecule has 0 saturated heterocycles. The second-order valence-electron chi connectivity index (χ2n) is 3.32. The molecular formula is C12H9NSe. The van der Waals surface area contributed by atoms with E-state index in [0.29, 0.717) is 15.0 Å². The standard InChI is InChI=1S/C12H9NSe/c13-11-9(6-7-10-12(11)14-10)8-4-2-1-3-5-8/h1-7H,13H2. The van der Waals surface area contributed by atoms with Gasteiger partial charge in [-0.1, -0.05) is 0 Å². The summed E-state index contributed by atoms with van der Waals surface area (Å²) in [6.07, 6.45) is 0. The fourth-order valence-corrected chi connectivity index (χ4v) is 3.10. The predicted molar refractivity (Wildman–Crippen MR) is 61.3 cm³/mol. The first-order valence-corrected chi connectivity index (χ1v) is 6.23. The molecule has 0 amide bonds. The van der Waals surface area contributed by atoms with Crippen LogP contribution in [0.1, 0.15) is 0 Å². The molecule has 1 aliphatic heterocycles. The number of benzene rings is 2. The minimum absolute atomic E-state index is 0.567. The van der Waals surface area contributed by atoms with Crippen LogP contribution in [0.15, 0.2) is 42.5 Å². The molecule has 2 N–H and O–H groups in total. The molecule has 0 radical (unpaired) electrons. The molecule has 0 fully saturated rings. The molecule has 0 saturated carbocycles. The Morgan fingerprint density at radius 1 is 0.929 bits per heavy atom. The molecular weight excluding hydrogens is 237 g/mol. The Hall–Kier alpha value is -1.24. The van der Waals surface area contributed by atoms with E-state index in [4.69, 9.17) is 5.73 Å². The zero-order chi connectivity index (χ0) is 9.54. The Bertz CT molecular complexity index is 491. The van der Waals surface area contributed by atoms with E-state index in [1.165, 1.54) is 20.1 Å². The Labute approximate surface area is 89.1 Å². The van der Waals surface area contributed by atoms with E-state index in [-0.39, 0.29) is 0 Å². The molecule has 2 heteroatoms. The second kappa shape index (κ2) is 2.88. The average Bonchev–Trinajstić information content (AvgIpc) is 3.00. The quantitative estimate of drug-likeness (QED) is 0.501. The third-order valence-corrected chi connectivity index (χ3v) is 4.51. The molecule has 0 aromatic heterocycles. The number of hydrogen-bond acceptors (Lipinski definition) is 1. The maximum absolute atomic E-state index is 6.08. The van der Waals surface area contributed by atoms with Gasteiger partial charge < -0.3 is 0 Å². The molecule has 0 unspecified atom stereocenters. The number of nitrogens with two attached hydrogens (primary N) is 1. The third kappa shape index (κ3) is 1.16. The second-order valence-corrected chi connectivity index (χ2v) is 5.53. The van der Waals surface area contributed by atoms with Gasteiger partial charge in [0, 0.05) is 0 Å². The van der Waals surface area contributed by atoms with Crippen LogP contribution in [0.5, 0.6) is 0 Å². The minimum atomic E-state index is 0.567. The van der Waals surface area contributed by atoms with Crippen LogP contribution in [0, 0.1) is 0 Å². The summed E-state index contributed by atoms with van der Waals surface area (Å²) in [6, 6.07) is 14.7. The molecule has 3 rings (SSSR count). The van der Waals surface area contributed by atoms with Gasteiger partial charge in [-0.2, -0.15) is 0 Å². The van der Waals surface area contributed by atoms with Gasteiger partial charge >= 0.3 is 88.9 Å². The van der Waals surface area contributed by atoms with Crippen molar-refractivity contribution in [2.45, 2.75) is 0 Å². The number of fused-ring (bicyclic) bond motifs is 1. The van der Waals surface area contributed by atoms with Gasteiger partial charge in [-0.25, -0.2) is 0 Å². The molecule has 1 nitrogen and oxygen atoms in total. The summed E-state index contributed by atoms with van der Waals surface area (Å²) in [5.74, 6) is 0. The van der Waals surface area contributed by atoms with Crippen LogP contribution in [-0.4, -0.2) is 15.0 Å². The molecule has 68 valence electrons. The predicted octanol–water partition coefficient (Wildman–Crippen LogP) is 0.904. The number of hydrogen-bond donors (Lipinski definition) is 1. The summed E-state index contributed by atoms with van der Waals surface area (Å²) in [5, 5.41) is 0. The maximum atomic E-state index is 6.08. The van der Waals surface area contributed by atoms with E-state index in [1.807, 2.05) is 18.2 Å². The molecule has 0 spiro atoms. The third-order valence-electron chi connectivity index (χ3n) is 2.42. The van der Waals surface area contributed by atoms with Crippen molar-refractivity contribution in [3.8, 4) is 11.1 Å². The van der Waals surface area contributed by atoms with Crippen molar-refractivity contribution in [3.63, 3.8) is 0 Å². The van der Waals surface area contributed by atoms with Gasteiger partial charge in [-0.15, -0.1) is 0 Å². The van der Waals surface area contributed by atoms with Crippen molar-refractivity contribution < 1.29 is 0 Å². The molecule has 1 aliphatic rings. The zero-order valence-electron chi connectivity index (χ0n) is 7.53. The first-order chi connectivity index (χ1) is 6.86. The van der Waals surface area contributed by atoms with Gasteiger partial charge in [0.1, 0.15) is 0 Å². The van der Waals surface area contributed by atoms with Gasteiger partial charge in [-0.05, 0) is 0 Å². The Morgan fingerprint density at radius 3 is 2.50 bits per heavy atom. The van der Waals surface area contributed by atoms with E-state index in [9.17, 15) is 0 Å². The van der Waals surface area contributed by atoms with Crippen LogP contribution in [0.4, 0.5) is 5.69 Å². The van der Waals surface area contributed by atoms with Crippen molar-refractivity contribution >= 4 is 29.6 Å². The van der Waals surface area contributed by atoms with Crippen LogP contribution in [-0.2, 0) is 0 Å². The van der Waals surface area contributed by atoms with Gasteiger partial charge in [0.05, 0.1) is 0 Å². The summed E-state index contributed by atoms with van der Waals surface area (Å²) in [7, 11) is 0. The number of anilines is 1. The zero-order valence-corrected chi connectivity index (χ0v) is 9.24. The van der Waals surface area contributed by atoms with Crippen molar-refractivity contribution in [2.75, 3.05) is 5.73 Å². The summed E-state index contributed by atoms with van der Waals surface area (Å²) < 4.78 is 2.87. The van der Waals surface area contributed by atoms with Crippen molar-refractivity contribution in [3.05, 3.63) is 42.5 Å². The van der Waals surface area contributed by atoms with E-state index in [2.05, 4.69) is 24.3 Å². The molecule has 2 aromatic carbocycles. The van der Waals surface area contributed by atoms with Crippen molar-refractivity contribution in [2.24, 2.45) is 0 Å². The Balaban J connectivity index is 2.19. The molecule has 2 aromatic rings. The van der Waals surface area contributed by atoms with Crippen LogP contribution < -0.4 is 14.7 Å². The summed E-state index contributed by atoms with van der Waals surface area (Å²) in [5.41, 5.74) is 9.48. The van der Waals surface area contributed by atoms with Crippen LogP contribution in [0.25, 0.3) is 11.1 Å². The summed E-state index contributed by atoms with van der Waals surface area (Å²) in [4.78, 5) is 0. The topological polar surface area (TPSA) is 26.0 Å². The van der Waals surface area contributed by atoms with Gasteiger partial charge in [0.2, 0.25) is 0 Å². The van der Waals surface area contributed by atoms with Crippen LogP contribution >= 0.6 is 0 Å². The molecule has 0 bridgehead atoms. The first kappa shape index (κ1) is 8.10. The van der Waals surface area contributed by atoms with E-state index < -0.39 is 0 Å². The fraction of sp³-hybridized carbons (Fsp3) is 0. The molecule has 1 heterocycles. The van der Waals surface area contributed by atoms with Gasteiger partial charge in [0.15, 0.2) is 0 Å². The van der Waals surface area contributed by atoms with Crippen LogP contribution in [0.3, 0.4) is 0 Å². The number of nitrogen functional groups attached to an aromatic ring is 1. The molecule has 0 aliphatic carbocycles. The Morgan fingerprint density at radius 2 is 1.71 bits per heavy atom. The van der Waals surface area contributed by atoms with E-state index in [1.54, 1.807) is 0 Å². The average molecular weight is 246 g/mol. The van der Waals surface area contributed by atoms with E-state index in [0.717, 1.165) is 5.69 Å². The monoisotopic (exact) mass is 247 g/mol. The number of rotatable bonds is 1. The normalized spacial score (nSPS) is 12.3. The fourth-order valence-electron chi connectivity index (χ4n) is 1.62. The SMILES string of the molecule is Nc1c(-c2ccccc2)ccc2c1[Se]2. The van der Waals surface area contributed by atoms with Gasteiger partial charge in [0.25, 0.3) is 0 Å². The van der Waals surface area contributed by atoms with Gasteiger partial charge in [-0.3, -0.25) is 0 Å². The van der Waals surface area contributed by atoms with E-state index >= 15 is 0 Å². The summed E-state index contributed by atoms with van der Waals surface area (Å²) in [6.45, 7) is 0. The van der Waals surface area contributed by atoms with Crippen molar-refractivity contribution in [1.82, 2.24) is 0 Å². The van der Waals surface area contributed by atoms with Crippen LogP contribution in [0.2, 0.25) is 0 Å². The summed E-state index contributed by atoms with van der Waals surface area (Å²) >= 11 is 0.567.